The van der Waals surface area contributed by atoms with Crippen molar-refractivity contribution in [3.63, 3.8) is 0 Å². The van der Waals surface area contributed by atoms with Crippen LogP contribution in [0.2, 0.25) is 0 Å². The molecule has 0 aromatic heterocycles. The summed E-state index contributed by atoms with van der Waals surface area (Å²) in [7, 11) is 0. The van der Waals surface area contributed by atoms with Crippen molar-refractivity contribution in [1.29, 1.82) is 0 Å². The van der Waals surface area contributed by atoms with Gasteiger partial charge in [0.25, 0.3) is 0 Å². The lowest BCUT2D eigenvalue weighted by Gasteiger charge is -2.37. The maximum absolute atomic E-state index is 4.02. The van der Waals surface area contributed by atoms with Crippen molar-refractivity contribution >= 4 is 0 Å². The molecule has 0 amide bonds. The Bertz CT molecular complexity index is 412. The van der Waals surface area contributed by atoms with E-state index in [-0.39, 0.29) is 0 Å². The first-order valence-electron chi connectivity index (χ1n) is 8.22. The van der Waals surface area contributed by atoms with Gasteiger partial charge in [0.2, 0.25) is 0 Å². The molecular weight excluding hydrogens is 230 g/mol. The summed E-state index contributed by atoms with van der Waals surface area (Å²) in [6.45, 7) is 2.36. The Kier molecular flexibility index (Phi) is 4.22. The van der Waals surface area contributed by atoms with Crippen LogP contribution in [0.3, 0.4) is 0 Å². The molecule has 3 unspecified atom stereocenters. The third-order valence-corrected chi connectivity index (χ3v) is 5.22. The fraction of sp³-hybridized carbons (Fsp3) is 0.667. The van der Waals surface area contributed by atoms with E-state index in [2.05, 4.69) is 36.5 Å². The largest absolute Gasteiger partial charge is 0.307 e. The van der Waals surface area contributed by atoms with Gasteiger partial charge in [-0.1, -0.05) is 50.5 Å². The second kappa shape index (κ2) is 6.09. The molecule has 1 heteroatoms. The minimum absolute atomic E-state index is 0.613. The number of aryl methyl sites for hydroxylation is 1. The molecule has 0 spiro atoms. The highest BCUT2D eigenvalue weighted by Gasteiger charge is 2.28. The zero-order valence-electron chi connectivity index (χ0n) is 12.2. The molecule has 104 valence electrons. The molecule has 1 N–H and O–H groups in total. The van der Waals surface area contributed by atoms with E-state index in [9.17, 15) is 0 Å². The van der Waals surface area contributed by atoms with Crippen LogP contribution in [0.15, 0.2) is 24.3 Å². The minimum atomic E-state index is 0.613. The predicted octanol–water partition coefficient (Wildman–Crippen LogP) is 4.62. The monoisotopic (exact) mass is 257 g/mol. The first kappa shape index (κ1) is 13.2. The van der Waals surface area contributed by atoms with Gasteiger partial charge in [0.1, 0.15) is 0 Å². The summed E-state index contributed by atoms with van der Waals surface area (Å²) in [5, 5.41) is 4.02. The Hall–Kier alpha value is -0.820. The fourth-order valence-electron chi connectivity index (χ4n) is 4.10. The van der Waals surface area contributed by atoms with Crippen LogP contribution in [0, 0.1) is 5.92 Å². The summed E-state index contributed by atoms with van der Waals surface area (Å²) in [4.78, 5) is 0. The normalized spacial score (nSPS) is 30.9. The van der Waals surface area contributed by atoms with E-state index in [1.165, 1.54) is 51.4 Å². The number of nitrogens with one attached hydrogen (secondary N) is 1. The molecule has 1 aromatic carbocycles. The molecule has 3 rings (SSSR count). The van der Waals surface area contributed by atoms with Crippen molar-refractivity contribution in [3.05, 3.63) is 35.4 Å². The van der Waals surface area contributed by atoms with Gasteiger partial charge in [-0.3, -0.25) is 0 Å². The number of fused-ring (bicyclic) bond motifs is 1. The van der Waals surface area contributed by atoms with Gasteiger partial charge in [-0.2, -0.15) is 0 Å². The summed E-state index contributed by atoms with van der Waals surface area (Å²) in [6, 6.07) is 10.4. The number of hydrogen-bond donors (Lipinski definition) is 1. The van der Waals surface area contributed by atoms with Crippen molar-refractivity contribution in [3.8, 4) is 0 Å². The average molecular weight is 257 g/mol. The Morgan fingerprint density at radius 1 is 1.05 bits per heavy atom. The second-order valence-corrected chi connectivity index (χ2v) is 6.37. The van der Waals surface area contributed by atoms with Crippen molar-refractivity contribution in [1.82, 2.24) is 5.32 Å². The topological polar surface area (TPSA) is 12.0 Å². The Morgan fingerprint density at radius 3 is 2.79 bits per heavy atom. The molecule has 19 heavy (non-hydrogen) atoms. The molecule has 0 saturated heterocycles. The van der Waals surface area contributed by atoms with Gasteiger partial charge in [-0.25, -0.2) is 0 Å². The van der Waals surface area contributed by atoms with E-state index in [4.69, 9.17) is 0 Å². The van der Waals surface area contributed by atoms with Gasteiger partial charge in [0.15, 0.2) is 0 Å². The van der Waals surface area contributed by atoms with Crippen LogP contribution < -0.4 is 5.32 Å². The molecule has 1 nitrogen and oxygen atoms in total. The first-order chi connectivity index (χ1) is 9.38. The zero-order valence-corrected chi connectivity index (χ0v) is 12.2. The lowest BCUT2D eigenvalue weighted by Crippen LogP contribution is -2.41. The molecular formula is C18H27N. The lowest BCUT2D eigenvalue weighted by atomic mass is 9.80. The molecule has 1 saturated carbocycles. The van der Waals surface area contributed by atoms with Crippen LogP contribution >= 0.6 is 0 Å². The van der Waals surface area contributed by atoms with Gasteiger partial charge in [-0.05, 0) is 49.1 Å². The van der Waals surface area contributed by atoms with Gasteiger partial charge < -0.3 is 5.32 Å². The fourth-order valence-corrected chi connectivity index (χ4v) is 4.10. The van der Waals surface area contributed by atoms with Gasteiger partial charge in [0.05, 0.1) is 0 Å². The molecule has 1 fully saturated rings. The van der Waals surface area contributed by atoms with Crippen LogP contribution in [-0.2, 0) is 6.42 Å². The molecule has 2 aliphatic rings. The Balaban J connectivity index is 1.73. The molecule has 0 radical (unpaired) electrons. The van der Waals surface area contributed by atoms with E-state index < -0.39 is 0 Å². The Labute approximate surface area is 117 Å². The highest BCUT2D eigenvalue weighted by atomic mass is 15.0. The summed E-state index contributed by atoms with van der Waals surface area (Å²) in [6.07, 6.45) is 11.0. The zero-order chi connectivity index (χ0) is 13.1. The van der Waals surface area contributed by atoms with Crippen LogP contribution in [0.4, 0.5) is 0 Å². The van der Waals surface area contributed by atoms with Crippen molar-refractivity contribution in [2.24, 2.45) is 5.92 Å². The summed E-state index contributed by atoms with van der Waals surface area (Å²) in [5.74, 6) is 0.905. The lowest BCUT2D eigenvalue weighted by molar-refractivity contribution is 0.229. The maximum Gasteiger partial charge on any atom is 0.0325 e. The first-order valence-corrected chi connectivity index (χ1v) is 8.22. The molecule has 0 bridgehead atoms. The second-order valence-electron chi connectivity index (χ2n) is 6.37. The van der Waals surface area contributed by atoms with E-state index in [1.807, 2.05) is 0 Å². The minimum Gasteiger partial charge on any atom is -0.307 e. The third-order valence-electron chi connectivity index (χ3n) is 5.22. The van der Waals surface area contributed by atoms with Gasteiger partial charge >= 0.3 is 0 Å². The highest BCUT2D eigenvalue weighted by Crippen LogP contribution is 2.33. The van der Waals surface area contributed by atoms with Crippen molar-refractivity contribution in [2.75, 3.05) is 0 Å². The third kappa shape index (κ3) is 2.86. The molecule has 1 aromatic rings. The van der Waals surface area contributed by atoms with E-state index in [0.29, 0.717) is 6.04 Å². The molecule has 2 aliphatic carbocycles. The van der Waals surface area contributed by atoms with Crippen molar-refractivity contribution < 1.29 is 0 Å². The number of rotatable bonds is 3. The van der Waals surface area contributed by atoms with E-state index in [1.54, 1.807) is 11.1 Å². The number of hydrogen-bond acceptors (Lipinski definition) is 1. The standard InChI is InChI=1S/C18H27N/c1-2-14-8-4-6-12-17(14)19-18-13-7-10-15-9-3-5-11-16(15)18/h3,5,9,11,14,17-19H,2,4,6-8,10,12-13H2,1H3. The van der Waals surface area contributed by atoms with E-state index >= 15 is 0 Å². The average Bonchev–Trinajstić information content (AvgIpc) is 2.48. The maximum atomic E-state index is 4.02. The highest BCUT2D eigenvalue weighted by molar-refractivity contribution is 5.32. The van der Waals surface area contributed by atoms with Crippen LogP contribution in [0.25, 0.3) is 0 Å². The van der Waals surface area contributed by atoms with Crippen LogP contribution in [0.1, 0.15) is 69.0 Å². The Morgan fingerprint density at radius 2 is 1.89 bits per heavy atom. The van der Waals surface area contributed by atoms with E-state index in [0.717, 1.165) is 12.0 Å². The van der Waals surface area contributed by atoms with Gasteiger partial charge in [-0.15, -0.1) is 0 Å². The van der Waals surface area contributed by atoms with Crippen LogP contribution in [0.5, 0.6) is 0 Å². The molecule has 0 heterocycles. The molecule has 0 aliphatic heterocycles. The van der Waals surface area contributed by atoms with Crippen molar-refractivity contribution in [2.45, 2.75) is 70.4 Å². The summed E-state index contributed by atoms with van der Waals surface area (Å²) in [5.41, 5.74) is 3.16. The molecule has 3 atom stereocenters. The summed E-state index contributed by atoms with van der Waals surface area (Å²) >= 11 is 0. The quantitative estimate of drug-likeness (QED) is 0.833. The smallest absolute Gasteiger partial charge is 0.0325 e. The van der Waals surface area contributed by atoms with Crippen LogP contribution in [-0.4, -0.2) is 6.04 Å². The SMILES string of the molecule is CCC1CCCCC1NC1CCCc2ccccc21. The van der Waals surface area contributed by atoms with Gasteiger partial charge in [0, 0.05) is 12.1 Å². The predicted molar refractivity (Wildman–Crippen MR) is 81.3 cm³/mol. The summed E-state index contributed by atoms with van der Waals surface area (Å²) < 4.78 is 0. The number of benzene rings is 1.